The topological polar surface area (TPSA) is 77.5 Å². The Morgan fingerprint density at radius 3 is 1.00 bits per heavy atom. The van der Waals surface area contributed by atoms with Gasteiger partial charge in [-0.3, -0.25) is 9.59 Å². The van der Waals surface area contributed by atoms with E-state index in [2.05, 4.69) is 0 Å². The van der Waals surface area contributed by atoms with Gasteiger partial charge >= 0.3 is 11.9 Å². The molecule has 5 heteroatoms. The second-order valence-electron chi connectivity index (χ2n) is 8.99. The van der Waals surface area contributed by atoms with Crippen molar-refractivity contribution in [3.8, 4) is 0 Å². The fourth-order valence-corrected chi connectivity index (χ4v) is 2.58. The van der Waals surface area contributed by atoms with Crippen LogP contribution in [0.2, 0.25) is 0 Å². The first-order valence-corrected chi connectivity index (χ1v) is 9.37. The van der Waals surface area contributed by atoms with Crippen molar-refractivity contribution in [2.24, 2.45) is 10.8 Å². The Bertz CT molecular complexity index is 857. The van der Waals surface area contributed by atoms with Gasteiger partial charge in [0.1, 0.15) is 0 Å². The molecule has 0 aromatic heterocycles. The maximum absolute atomic E-state index is 12.3. The molecule has 0 fully saturated rings. The zero-order chi connectivity index (χ0) is 22.0. The molecule has 0 atom stereocenters. The molecular weight excluding hydrogens is 368 g/mol. The lowest BCUT2D eigenvalue weighted by Gasteiger charge is -2.16. The van der Waals surface area contributed by atoms with Crippen LogP contribution in [0.3, 0.4) is 0 Å². The number of esters is 2. The minimum atomic E-state index is -0.806. The number of ketones is 2. The standard InChI is InChI=1S/C24H26O5/c1-23(2,3)19(25)15-7-11-17(12-8-15)21(27)29-22(28)18-13-9-16(10-14-18)20(26)24(4,5)6/h7-14H,1-6H3. The lowest BCUT2D eigenvalue weighted by Crippen LogP contribution is -2.20. The van der Waals surface area contributed by atoms with Crippen molar-refractivity contribution in [2.45, 2.75) is 41.5 Å². The van der Waals surface area contributed by atoms with Crippen molar-refractivity contribution in [1.82, 2.24) is 0 Å². The fraction of sp³-hybridized carbons (Fsp3) is 0.333. The molecule has 0 aliphatic rings. The van der Waals surface area contributed by atoms with Crippen molar-refractivity contribution in [1.29, 1.82) is 0 Å². The molecule has 0 saturated heterocycles. The van der Waals surface area contributed by atoms with E-state index < -0.39 is 22.8 Å². The Morgan fingerprint density at radius 1 is 0.517 bits per heavy atom. The second-order valence-corrected chi connectivity index (χ2v) is 8.99. The van der Waals surface area contributed by atoms with Gasteiger partial charge in [0.05, 0.1) is 11.1 Å². The number of ether oxygens (including phenoxy) is 1. The summed E-state index contributed by atoms with van der Waals surface area (Å²) >= 11 is 0. The molecule has 2 aromatic carbocycles. The Morgan fingerprint density at radius 2 is 0.759 bits per heavy atom. The van der Waals surface area contributed by atoms with E-state index in [9.17, 15) is 19.2 Å². The number of hydrogen-bond acceptors (Lipinski definition) is 5. The summed E-state index contributed by atoms with van der Waals surface area (Å²) in [5.74, 6) is -1.70. The Hall–Kier alpha value is -3.08. The number of Topliss-reactive ketones (excluding diaryl/α,β-unsaturated/α-hetero) is 2. The van der Waals surface area contributed by atoms with E-state index in [4.69, 9.17) is 4.74 Å². The van der Waals surface area contributed by atoms with Crippen LogP contribution in [0.1, 0.15) is 83.0 Å². The zero-order valence-corrected chi connectivity index (χ0v) is 17.7. The van der Waals surface area contributed by atoms with Crippen LogP contribution >= 0.6 is 0 Å². The highest BCUT2D eigenvalue weighted by Gasteiger charge is 2.24. The van der Waals surface area contributed by atoms with Gasteiger partial charge in [-0.25, -0.2) is 9.59 Å². The predicted octanol–water partition coefficient (Wildman–Crippen LogP) is 5.14. The summed E-state index contributed by atoms with van der Waals surface area (Å²) in [5, 5.41) is 0. The van der Waals surface area contributed by atoms with Crippen molar-refractivity contribution in [3.63, 3.8) is 0 Å². The molecule has 0 N–H and O–H groups in total. The molecule has 152 valence electrons. The number of carbonyl (C=O) groups excluding carboxylic acids is 4. The van der Waals surface area contributed by atoms with Crippen molar-refractivity contribution in [2.75, 3.05) is 0 Å². The van der Waals surface area contributed by atoms with Crippen LogP contribution in [-0.2, 0) is 4.74 Å². The average Bonchev–Trinajstić information content (AvgIpc) is 2.65. The highest BCUT2D eigenvalue weighted by Crippen LogP contribution is 2.22. The van der Waals surface area contributed by atoms with Gasteiger partial charge in [-0.2, -0.15) is 0 Å². The maximum Gasteiger partial charge on any atom is 0.346 e. The van der Waals surface area contributed by atoms with E-state index in [1.165, 1.54) is 24.3 Å². The largest absolute Gasteiger partial charge is 0.386 e. The van der Waals surface area contributed by atoms with Gasteiger partial charge in [-0.1, -0.05) is 65.8 Å². The van der Waals surface area contributed by atoms with E-state index >= 15 is 0 Å². The number of hydrogen-bond donors (Lipinski definition) is 0. The highest BCUT2D eigenvalue weighted by molar-refractivity contribution is 6.05. The number of carbonyl (C=O) groups is 4. The molecule has 29 heavy (non-hydrogen) atoms. The number of benzene rings is 2. The second kappa shape index (κ2) is 8.11. The lowest BCUT2D eigenvalue weighted by atomic mass is 9.86. The molecule has 0 amide bonds. The molecule has 0 unspecified atom stereocenters. The first-order chi connectivity index (χ1) is 13.3. The van der Waals surface area contributed by atoms with Crippen LogP contribution in [0.5, 0.6) is 0 Å². The Labute approximate surface area is 171 Å². The molecule has 0 spiro atoms. The van der Waals surface area contributed by atoms with E-state index in [0.29, 0.717) is 11.1 Å². The molecule has 0 saturated carbocycles. The normalized spacial score (nSPS) is 11.7. The minimum absolute atomic E-state index is 0.0432. The quantitative estimate of drug-likeness (QED) is 0.407. The number of rotatable bonds is 4. The smallest absolute Gasteiger partial charge is 0.346 e. The highest BCUT2D eigenvalue weighted by atomic mass is 16.6. The summed E-state index contributed by atoms with van der Waals surface area (Å²) < 4.78 is 4.91. The van der Waals surface area contributed by atoms with Gasteiger partial charge in [0.2, 0.25) is 0 Å². The molecule has 5 nitrogen and oxygen atoms in total. The molecule has 2 rings (SSSR count). The van der Waals surface area contributed by atoms with E-state index in [1.54, 1.807) is 24.3 Å². The summed E-state index contributed by atoms with van der Waals surface area (Å²) in [4.78, 5) is 49.0. The molecule has 0 aliphatic heterocycles. The third kappa shape index (κ3) is 5.47. The van der Waals surface area contributed by atoms with E-state index in [-0.39, 0.29) is 22.7 Å². The maximum atomic E-state index is 12.3. The van der Waals surface area contributed by atoms with Crippen LogP contribution in [-0.4, -0.2) is 23.5 Å². The van der Waals surface area contributed by atoms with Gasteiger partial charge in [-0.15, -0.1) is 0 Å². The van der Waals surface area contributed by atoms with Gasteiger partial charge in [0.15, 0.2) is 11.6 Å². The van der Waals surface area contributed by atoms with Crippen LogP contribution in [0, 0.1) is 10.8 Å². The summed E-state index contributed by atoms with van der Waals surface area (Å²) in [6.45, 7) is 10.9. The zero-order valence-electron chi connectivity index (χ0n) is 17.7. The third-order valence-electron chi connectivity index (χ3n) is 4.31. The van der Waals surface area contributed by atoms with Crippen LogP contribution in [0.25, 0.3) is 0 Å². The van der Waals surface area contributed by atoms with Crippen molar-refractivity contribution < 1.29 is 23.9 Å². The van der Waals surface area contributed by atoms with Crippen LogP contribution < -0.4 is 0 Å². The minimum Gasteiger partial charge on any atom is -0.386 e. The van der Waals surface area contributed by atoms with Crippen molar-refractivity contribution >= 4 is 23.5 Å². The SMILES string of the molecule is CC(C)(C)C(=O)c1ccc(C(=O)OC(=O)c2ccc(C(=O)C(C)(C)C)cc2)cc1. The molecule has 0 aliphatic carbocycles. The van der Waals surface area contributed by atoms with Crippen molar-refractivity contribution in [3.05, 3.63) is 70.8 Å². The molecule has 0 heterocycles. The van der Waals surface area contributed by atoms with Crippen LogP contribution in [0.4, 0.5) is 0 Å². The lowest BCUT2D eigenvalue weighted by molar-refractivity contribution is 0.0397. The molecular formula is C24H26O5. The van der Waals surface area contributed by atoms with Gasteiger partial charge in [0, 0.05) is 22.0 Å². The van der Waals surface area contributed by atoms with Gasteiger partial charge in [0.25, 0.3) is 0 Å². The summed E-state index contributed by atoms with van der Waals surface area (Å²) in [6, 6.07) is 12.0. The average molecular weight is 394 g/mol. The van der Waals surface area contributed by atoms with E-state index in [1.807, 2.05) is 41.5 Å². The van der Waals surface area contributed by atoms with Gasteiger partial charge in [-0.05, 0) is 24.3 Å². The van der Waals surface area contributed by atoms with Gasteiger partial charge < -0.3 is 4.74 Å². The summed E-state index contributed by atoms with van der Waals surface area (Å²) in [6.07, 6.45) is 0. The van der Waals surface area contributed by atoms with Crippen LogP contribution in [0.15, 0.2) is 48.5 Å². The Kier molecular flexibility index (Phi) is 6.21. The summed E-state index contributed by atoms with van der Waals surface area (Å²) in [5.41, 5.74) is 0.252. The van der Waals surface area contributed by atoms with E-state index in [0.717, 1.165) is 0 Å². The Balaban J connectivity index is 2.08. The molecule has 0 radical (unpaired) electrons. The fourth-order valence-electron chi connectivity index (χ4n) is 2.58. The summed E-state index contributed by atoms with van der Waals surface area (Å²) in [7, 11) is 0. The first-order valence-electron chi connectivity index (χ1n) is 9.37. The molecule has 2 aromatic rings. The monoisotopic (exact) mass is 394 g/mol. The first kappa shape index (κ1) is 22.2. The predicted molar refractivity (Wildman–Crippen MR) is 110 cm³/mol. The third-order valence-corrected chi connectivity index (χ3v) is 4.31. The molecule has 0 bridgehead atoms.